The van der Waals surface area contributed by atoms with Gasteiger partial charge in [-0.05, 0) is 51.4 Å². The van der Waals surface area contributed by atoms with Crippen LogP contribution in [-0.2, 0) is 9.47 Å². The van der Waals surface area contributed by atoms with E-state index in [1.807, 2.05) is 0 Å². The molecule has 27 heavy (non-hydrogen) atoms. The van der Waals surface area contributed by atoms with Crippen LogP contribution in [0.2, 0.25) is 0 Å². The molecule has 0 aromatic carbocycles. The summed E-state index contributed by atoms with van der Waals surface area (Å²) >= 11 is 6.56. The normalized spacial score (nSPS) is 15.5. The largest absolute Gasteiger partial charge is 0.465 e. The number of ether oxygens (including phenoxy) is 2. The van der Waals surface area contributed by atoms with Gasteiger partial charge in [0.15, 0.2) is 5.11 Å². The van der Waals surface area contributed by atoms with Gasteiger partial charge in [0.25, 0.3) is 0 Å². The number of methoxy groups -OCH3 is 2. The summed E-state index contributed by atoms with van der Waals surface area (Å²) in [5.41, 5.74) is 0.830. The third-order valence-electron chi connectivity index (χ3n) is 4.73. The monoisotopic (exact) mass is 413 g/mol. The maximum absolute atomic E-state index is 12.2. The highest BCUT2D eigenvalue weighted by Crippen LogP contribution is 2.34. The lowest BCUT2D eigenvalue weighted by Gasteiger charge is -2.35. The van der Waals surface area contributed by atoms with Gasteiger partial charge >= 0.3 is 11.9 Å². The predicted molar refractivity (Wildman–Crippen MR) is 111 cm³/mol. The molecule has 1 saturated heterocycles. The van der Waals surface area contributed by atoms with Crippen LogP contribution in [0.25, 0.3) is 0 Å². The summed E-state index contributed by atoms with van der Waals surface area (Å²) < 4.78 is 9.65. The Bertz CT molecular complexity index is 710. The van der Waals surface area contributed by atoms with E-state index in [2.05, 4.69) is 29.4 Å². The molecule has 0 atom stereocenters. The number of carbonyl (C=O) groups excluding carboxylic acids is 2. The van der Waals surface area contributed by atoms with Gasteiger partial charge in [-0.15, -0.1) is 11.3 Å². The number of rotatable bonds is 5. The van der Waals surface area contributed by atoms with Crippen LogP contribution in [0.1, 0.15) is 52.3 Å². The first-order valence-electron chi connectivity index (χ1n) is 8.90. The van der Waals surface area contributed by atoms with Crippen molar-refractivity contribution in [2.24, 2.45) is 0 Å². The predicted octanol–water partition coefficient (Wildman–Crippen LogP) is 2.79. The van der Waals surface area contributed by atoms with Crippen LogP contribution < -0.4 is 10.6 Å². The van der Waals surface area contributed by atoms with Gasteiger partial charge in [-0.2, -0.15) is 0 Å². The van der Waals surface area contributed by atoms with Crippen LogP contribution in [0.15, 0.2) is 0 Å². The van der Waals surface area contributed by atoms with Crippen LogP contribution in [0.5, 0.6) is 0 Å². The topological polar surface area (TPSA) is 79.9 Å². The summed E-state index contributed by atoms with van der Waals surface area (Å²) in [6.07, 6.45) is 2.00. The summed E-state index contributed by atoms with van der Waals surface area (Å²) in [5.74, 6) is -1.01. The minimum atomic E-state index is -0.519. The maximum atomic E-state index is 12.2. The molecule has 1 fully saturated rings. The number of thiophene rings is 1. The van der Waals surface area contributed by atoms with Gasteiger partial charge in [0.2, 0.25) is 0 Å². The Morgan fingerprint density at radius 2 is 1.78 bits per heavy atom. The van der Waals surface area contributed by atoms with Crippen molar-refractivity contribution >= 4 is 45.6 Å². The van der Waals surface area contributed by atoms with E-state index in [1.54, 1.807) is 6.92 Å². The molecule has 0 bridgehead atoms. The van der Waals surface area contributed by atoms with Gasteiger partial charge in [-0.3, -0.25) is 0 Å². The maximum Gasteiger partial charge on any atom is 0.348 e. The second-order valence-corrected chi connectivity index (χ2v) is 8.17. The smallest absolute Gasteiger partial charge is 0.348 e. The van der Waals surface area contributed by atoms with Gasteiger partial charge in [0.1, 0.15) is 9.88 Å². The molecule has 9 heteroatoms. The zero-order chi connectivity index (χ0) is 20.1. The van der Waals surface area contributed by atoms with Crippen LogP contribution in [0.3, 0.4) is 0 Å². The summed E-state index contributed by atoms with van der Waals surface area (Å²) in [6.45, 7) is 8.14. The molecule has 0 aliphatic carbocycles. The van der Waals surface area contributed by atoms with E-state index in [0.717, 1.165) is 37.3 Å². The Balaban J connectivity index is 2.08. The molecule has 0 radical (unpaired) electrons. The number of carbonyl (C=O) groups is 2. The van der Waals surface area contributed by atoms with E-state index in [9.17, 15) is 9.59 Å². The van der Waals surface area contributed by atoms with Crippen LogP contribution in [0, 0.1) is 6.92 Å². The quantitative estimate of drug-likeness (QED) is 0.564. The Kier molecular flexibility index (Phi) is 7.58. The lowest BCUT2D eigenvalue weighted by Crippen LogP contribution is -2.47. The van der Waals surface area contributed by atoms with E-state index in [0.29, 0.717) is 32.2 Å². The first-order valence-corrected chi connectivity index (χ1v) is 10.1. The van der Waals surface area contributed by atoms with E-state index >= 15 is 0 Å². The number of esters is 2. The third-order valence-corrected chi connectivity index (χ3v) is 6.14. The standard InChI is InChI=1S/C18H27N3O4S2/c1-10(2)21-8-6-12(7-9-21)19-18(26)20-15-13(16(22)24-4)11(3)14(27-15)17(23)25-5/h10,12H,6-9H2,1-5H3,(H2,19,20,26). The third kappa shape index (κ3) is 5.18. The molecule has 1 aliphatic rings. The number of nitrogens with one attached hydrogen (secondary N) is 2. The second kappa shape index (κ2) is 9.48. The van der Waals surface area contributed by atoms with E-state index in [-0.39, 0.29) is 6.04 Å². The lowest BCUT2D eigenvalue weighted by atomic mass is 10.0. The van der Waals surface area contributed by atoms with Crippen molar-refractivity contribution in [3.05, 3.63) is 16.0 Å². The number of likely N-dealkylation sites (tertiary alicyclic amines) is 1. The van der Waals surface area contributed by atoms with Gasteiger partial charge in [0.05, 0.1) is 19.8 Å². The number of hydrogen-bond acceptors (Lipinski definition) is 7. The number of anilines is 1. The highest BCUT2D eigenvalue weighted by molar-refractivity contribution is 7.80. The van der Waals surface area contributed by atoms with E-state index < -0.39 is 11.9 Å². The minimum Gasteiger partial charge on any atom is -0.465 e. The summed E-state index contributed by atoms with van der Waals surface area (Å²) in [5, 5.41) is 7.29. The summed E-state index contributed by atoms with van der Waals surface area (Å²) in [6, 6.07) is 0.826. The van der Waals surface area contributed by atoms with E-state index in [4.69, 9.17) is 21.7 Å². The molecule has 1 aliphatic heterocycles. The molecule has 150 valence electrons. The van der Waals surface area contributed by atoms with E-state index in [1.165, 1.54) is 14.2 Å². The van der Waals surface area contributed by atoms with Crippen LogP contribution in [-0.4, -0.2) is 61.3 Å². The Morgan fingerprint density at radius 3 is 2.30 bits per heavy atom. The van der Waals surface area contributed by atoms with Gasteiger partial charge in [0, 0.05) is 25.2 Å². The number of hydrogen-bond donors (Lipinski definition) is 2. The number of nitrogens with zero attached hydrogens (tertiary/aromatic N) is 1. The van der Waals surface area contributed by atoms with Crippen molar-refractivity contribution in [1.29, 1.82) is 0 Å². The second-order valence-electron chi connectivity index (χ2n) is 6.75. The first-order chi connectivity index (χ1) is 12.8. The van der Waals surface area contributed by atoms with Crippen LogP contribution in [0.4, 0.5) is 5.00 Å². The Hall–Kier alpha value is -1.71. The fraction of sp³-hybridized carbons (Fsp3) is 0.611. The molecule has 7 nitrogen and oxygen atoms in total. The van der Waals surface area contributed by atoms with Crippen molar-refractivity contribution in [3.8, 4) is 0 Å². The summed E-state index contributed by atoms with van der Waals surface area (Å²) in [4.78, 5) is 26.9. The zero-order valence-corrected chi connectivity index (χ0v) is 18.0. The Morgan fingerprint density at radius 1 is 1.19 bits per heavy atom. The van der Waals surface area contributed by atoms with Crippen LogP contribution >= 0.6 is 23.6 Å². The molecule has 2 N–H and O–H groups in total. The summed E-state index contributed by atoms with van der Waals surface area (Å²) in [7, 11) is 2.61. The fourth-order valence-corrected chi connectivity index (χ4v) is 4.57. The molecule has 0 amide bonds. The molecular weight excluding hydrogens is 386 g/mol. The molecule has 2 rings (SSSR count). The highest BCUT2D eigenvalue weighted by atomic mass is 32.1. The number of piperidine rings is 1. The molecule has 2 heterocycles. The average Bonchev–Trinajstić information content (AvgIpc) is 2.96. The Labute approximate surface area is 169 Å². The van der Waals surface area contributed by atoms with Gasteiger partial charge in [-0.1, -0.05) is 0 Å². The van der Waals surface area contributed by atoms with Crippen molar-refractivity contribution in [3.63, 3.8) is 0 Å². The zero-order valence-electron chi connectivity index (χ0n) is 16.4. The van der Waals surface area contributed by atoms with Crippen molar-refractivity contribution in [2.75, 3.05) is 32.6 Å². The average molecular weight is 414 g/mol. The molecule has 0 spiro atoms. The SMILES string of the molecule is COC(=O)c1sc(NC(=S)NC2CCN(C(C)C)CC2)c(C(=O)OC)c1C. The number of thiocarbonyl (C=S) groups is 1. The minimum absolute atomic E-state index is 0.280. The molecular formula is C18H27N3O4S2. The molecule has 0 saturated carbocycles. The molecule has 1 aromatic rings. The first kappa shape index (κ1) is 21.6. The lowest BCUT2D eigenvalue weighted by molar-refractivity contribution is 0.0601. The van der Waals surface area contributed by atoms with Crippen molar-refractivity contribution in [1.82, 2.24) is 10.2 Å². The molecule has 0 unspecified atom stereocenters. The van der Waals surface area contributed by atoms with Crippen molar-refractivity contribution in [2.45, 2.75) is 45.7 Å². The fourth-order valence-electron chi connectivity index (χ4n) is 3.12. The van der Waals surface area contributed by atoms with Gasteiger partial charge in [-0.25, -0.2) is 9.59 Å². The highest BCUT2D eigenvalue weighted by Gasteiger charge is 2.27. The molecule has 1 aromatic heterocycles. The van der Waals surface area contributed by atoms with Crippen molar-refractivity contribution < 1.29 is 19.1 Å². The van der Waals surface area contributed by atoms with Gasteiger partial charge < -0.3 is 25.0 Å².